The molecule has 244 valence electrons. The summed E-state index contributed by atoms with van der Waals surface area (Å²) in [6.45, 7) is 3.49. The number of rotatable bonds is 11. The lowest BCUT2D eigenvalue weighted by molar-refractivity contribution is -0.118. The van der Waals surface area contributed by atoms with Gasteiger partial charge in [0.2, 0.25) is 11.9 Å². The molecule has 1 aliphatic heterocycles. The number of ether oxygens (including phenoxy) is 4. The van der Waals surface area contributed by atoms with E-state index in [1.165, 1.54) is 6.33 Å². The van der Waals surface area contributed by atoms with E-state index in [2.05, 4.69) is 20.3 Å². The molecule has 0 saturated carbocycles. The first-order valence-electron chi connectivity index (χ1n) is 15.3. The fraction of sp³-hybridized carbons (Fsp3) is 0.314. The quantitative estimate of drug-likeness (QED) is 0.179. The van der Waals surface area contributed by atoms with E-state index in [1.807, 2.05) is 78.9 Å². The Morgan fingerprint density at radius 3 is 2.17 bits per heavy atom. The number of anilines is 1. The molecule has 0 radical (unpaired) electrons. The van der Waals surface area contributed by atoms with E-state index in [1.54, 1.807) is 32.6 Å². The van der Waals surface area contributed by atoms with Crippen molar-refractivity contribution in [3.63, 3.8) is 0 Å². The molecule has 12 nitrogen and oxygen atoms in total. The van der Waals surface area contributed by atoms with E-state index in [-0.39, 0.29) is 42.0 Å². The highest BCUT2D eigenvalue weighted by molar-refractivity contribution is 5.91. The van der Waals surface area contributed by atoms with Crippen molar-refractivity contribution in [2.75, 3.05) is 26.1 Å². The van der Waals surface area contributed by atoms with Gasteiger partial charge in [-0.05, 0) is 41.0 Å². The molecule has 1 amide bonds. The predicted octanol–water partition coefficient (Wildman–Crippen LogP) is 4.39. The van der Waals surface area contributed by atoms with Crippen LogP contribution in [0.4, 0.5) is 5.95 Å². The monoisotopic (exact) mass is 639 g/mol. The summed E-state index contributed by atoms with van der Waals surface area (Å²) >= 11 is 0. The Labute approximate surface area is 271 Å². The molecule has 3 aromatic carbocycles. The second-order valence-electron chi connectivity index (χ2n) is 11.6. The van der Waals surface area contributed by atoms with Gasteiger partial charge in [-0.25, -0.2) is 4.98 Å². The molecule has 0 bridgehead atoms. The van der Waals surface area contributed by atoms with Crippen molar-refractivity contribution in [1.82, 2.24) is 19.5 Å². The van der Waals surface area contributed by atoms with Crippen LogP contribution in [-0.4, -0.2) is 63.6 Å². The van der Waals surface area contributed by atoms with E-state index < -0.39 is 29.6 Å². The van der Waals surface area contributed by atoms with Crippen LogP contribution in [0.2, 0.25) is 0 Å². The number of nitrogens with zero attached hydrogens (tertiary/aromatic N) is 3. The summed E-state index contributed by atoms with van der Waals surface area (Å²) in [5.41, 5.74) is 1.28. The number of hydrogen-bond donors (Lipinski definition) is 3. The third-order valence-corrected chi connectivity index (χ3v) is 8.35. The highest BCUT2D eigenvalue weighted by Gasteiger charge is 2.42. The van der Waals surface area contributed by atoms with E-state index >= 15 is 0 Å². The van der Waals surface area contributed by atoms with E-state index in [4.69, 9.17) is 18.9 Å². The van der Waals surface area contributed by atoms with Gasteiger partial charge >= 0.3 is 0 Å². The maximum absolute atomic E-state index is 12.8. The molecule has 1 aliphatic rings. The molecule has 1 unspecified atom stereocenters. The van der Waals surface area contributed by atoms with Gasteiger partial charge in [0.15, 0.2) is 11.2 Å². The van der Waals surface area contributed by atoms with Gasteiger partial charge in [-0.1, -0.05) is 68.4 Å². The number of H-pyrrole nitrogens is 1. The molecular formula is C35H37N5O7. The summed E-state index contributed by atoms with van der Waals surface area (Å²) in [4.78, 5) is 36.3. The summed E-state index contributed by atoms with van der Waals surface area (Å²) in [6, 6.07) is 25.2. The lowest BCUT2D eigenvalue weighted by Crippen LogP contribution is -2.38. The standard InChI is InChI=1S/C35H37N5O7/c1-21(2)32(42)38-34-37-31-30(33(43)39-34)36-20-40(31)29-18-27(41)28(47-29)19-46-35(22-8-6-5-7-9-22,23-10-14-25(44-3)15-11-23)24-12-16-26(45-4)17-13-24/h5-17,20-21,27-29,41H,18-19H2,1-4H3,(H2,37,38,39,42,43)/t27?,28-,29-/m1/s1. The molecule has 5 aromatic rings. The number of imidazole rings is 1. The summed E-state index contributed by atoms with van der Waals surface area (Å²) < 4.78 is 25.8. The average molecular weight is 640 g/mol. The minimum Gasteiger partial charge on any atom is -0.497 e. The molecule has 0 aliphatic carbocycles. The average Bonchev–Trinajstić information content (AvgIpc) is 3.69. The first-order valence-corrected chi connectivity index (χ1v) is 15.3. The number of amides is 1. The highest BCUT2D eigenvalue weighted by Crippen LogP contribution is 2.43. The predicted molar refractivity (Wildman–Crippen MR) is 174 cm³/mol. The lowest BCUT2D eigenvalue weighted by atomic mass is 9.80. The Bertz CT molecular complexity index is 1840. The van der Waals surface area contributed by atoms with E-state index in [0.29, 0.717) is 11.5 Å². The number of carbonyl (C=O) groups excluding carboxylic acids is 1. The number of aromatic amines is 1. The first kappa shape index (κ1) is 31.9. The van der Waals surface area contributed by atoms with Crippen molar-refractivity contribution >= 4 is 23.0 Å². The van der Waals surface area contributed by atoms with E-state index in [9.17, 15) is 14.7 Å². The van der Waals surface area contributed by atoms with Gasteiger partial charge < -0.3 is 24.1 Å². The first-order chi connectivity index (χ1) is 22.7. The van der Waals surface area contributed by atoms with Crippen molar-refractivity contribution in [2.24, 2.45) is 5.92 Å². The van der Waals surface area contributed by atoms with Gasteiger partial charge in [-0.15, -0.1) is 0 Å². The molecule has 2 aromatic heterocycles. The zero-order valence-corrected chi connectivity index (χ0v) is 26.5. The number of aliphatic hydroxyl groups is 1. The van der Waals surface area contributed by atoms with Gasteiger partial charge in [0.05, 0.1) is 33.3 Å². The Morgan fingerprint density at radius 1 is 1.00 bits per heavy atom. The summed E-state index contributed by atoms with van der Waals surface area (Å²) in [5.74, 6) is 0.810. The molecule has 3 N–H and O–H groups in total. The molecule has 0 spiro atoms. The maximum Gasteiger partial charge on any atom is 0.280 e. The van der Waals surface area contributed by atoms with E-state index in [0.717, 1.165) is 16.7 Å². The second kappa shape index (κ2) is 13.4. The number of fused-ring (bicyclic) bond motifs is 1. The fourth-order valence-corrected chi connectivity index (χ4v) is 5.77. The second-order valence-corrected chi connectivity index (χ2v) is 11.6. The fourth-order valence-electron chi connectivity index (χ4n) is 5.77. The summed E-state index contributed by atoms with van der Waals surface area (Å²) in [5, 5.41) is 13.9. The maximum atomic E-state index is 12.8. The lowest BCUT2D eigenvalue weighted by Gasteiger charge is -2.37. The van der Waals surface area contributed by atoms with Crippen molar-refractivity contribution in [3.8, 4) is 11.5 Å². The third kappa shape index (κ3) is 6.22. The van der Waals surface area contributed by atoms with Crippen LogP contribution in [0.1, 0.15) is 43.2 Å². The molecule has 6 rings (SSSR count). The van der Waals surface area contributed by atoms with Gasteiger partial charge in [0.25, 0.3) is 5.56 Å². The van der Waals surface area contributed by atoms with Crippen LogP contribution >= 0.6 is 0 Å². The molecule has 3 atom stereocenters. The minimum absolute atomic E-state index is 0.00741. The van der Waals surface area contributed by atoms with Crippen LogP contribution in [0.15, 0.2) is 90.0 Å². The topological polar surface area (TPSA) is 150 Å². The van der Waals surface area contributed by atoms with Crippen LogP contribution in [-0.2, 0) is 19.9 Å². The van der Waals surface area contributed by atoms with Gasteiger partial charge in [-0.2, -0.15) is 4.98 Å². The third-order valence-electron chi connectivity index (χ3n) is 8.35. The van der Waals surface area contributed by atoms with Crippen molar-refractivity contribution in [2.45, 2.75) is 44.3 Å². The largest absolute Gasteiger partial charge is 0.497 e. The number of aliphatic hydroxyl groups excluding tert-OH is 1. The zero-order valence-electron chi connectivity index (χ0n) is 26.5. The number of methoxy groups -OCH3 is 2. The normalized spacial score (nSPS) is 18.0. The minimum atomic E-state index is -1.10. The molecular weight excluding hydrogens is 602 g/mol. The smallest absolute Gasteiger partial charge is 0.280 e. The molecule has 12 heteroatoms. The number of carbonyl (C=O) groups is 1. The SMILES string of the molecule is COc1ccc(C(OC[C@H]2O[C@@H](n3cnc4c(=O)[nH]c(NC(=O)C(C)C)nc43)CC2O)(c2ccccc2)c2ccc(OC)cc2)cc1. The Balaban J connectivity index is 1.33. The van der Waals surface area contributed by atoms with Crippen molar-refractivity contribution in [1.29, 1.82) is 0 Å². The van der Waals surface area contributed by atoms with Crippen LogP contribution in [0.5, 0.6) is 11.5 Å². The summed E-state index contributed by atoms with van der Waals surface area (Å²) in [6.07, 6.45) is -0.686. The van der Waals surface area contributed by atoms with Crippen molar-refractivity contribution in [3.05, 3.63) is 112 Å². The van der Waals surface area contributed by atoms with Crippen LogP contribution in [0.3, 0.4) is 0 Å². The van der Waals surface area contributed by atoms with Gasteiger partial charge in [0.1, 0.15) is 29.4 Å². The Hall–Kier alpha value is -5.04. The van der Waals surface area contributed by atoms with Crippen molar-refractivity contribution < 1.29 is 28.8 Å². The Morgan fingerprint density at radius 2 is 1.60 bits per heavy atom. The Kier molecular flexibility index (Phi) is 9.08. The van der Waals surface area contributed by atoms with Gasteiger partial charge in [0, 0.05) is 12.3 Å². The van der Waals surface area contributed by atoms with Crippen LogP contribution in [0.25, 0.3) is 11.2 Å². The van der Waals surface area contributed by atoms with Crippen LogP contribution < -0.4 is 20.3 Å². The molecule has 3 heterocycles. The molecule has 1 fully saturated rings. The summed E-state index contributed by atoms with van der Waals surface area (Å²) in [7, 11) is 3.23. The van der Waals surface area contributed by atoms with Crippen LogP contribution in [0, 0.1) is 5.92 Å². The number of aromatic nitrogens is 4. The number of hydrogen-bond acceptors (Lipinski definition) is 9. The highest BCUT2D eigenvalue weighted by atomic mass is 16.6. The number of benzene rings is 3. The molecule has 1 saturated heterocycles. The molecule has 47 heavy (non-hydrogen) atoms. The zero-order chi connectivity index (χ0) is 33.1. The van der Waals surface area contributed by atoms with Gasteiger partial charge in [-0.3, -0.25) is 24.5 Å². The number of nitrogens with one attached hydrogen (secondary N) is 2.